The number of hydrogen-bond acceptors (Lipinski definition) is 4. The summed E-state index contributed by atoms with van der Waals surface area (Å²) in [4.78, 5) is 8.39. The highest BCUT2D eigenvalue weighted by molar-refractivity contribution is 5.00. The van der Waals surface area contributed by atoms with Crippen LogP contribution >= 0.6 is 0 Å². The molecule has 1 aromatic rings. The lowest BCUT2D eigenvalue weighted by atomic mass is 9.98. The maximum absolute atomic E-state index is 4.31. The van der Waals surface area contributed by atoms with Crippen LogP contribution in [0.25, 0.3) is 0 Å². The molecule has 16 heavy (non-hydrogen) atoms. The Labute approximate surface area is 96.9 Å². The van der Waals surface area contributed by atoms with Gasteiger partial charge in [-0.1, -0.05) is 0 Å². The molecule has 2 N–H and O–H groups in total. The molecular formula is C12H20N4. The lowest BCUT2D eigenvalue weighted by Gasteiger charge is -2.24. The molecule has 0 spiro atoms. The van der Waals surface area contributed by atoms with Crippen LogP contribution in [0.4, 0.5) is 0 Å². The summed E-state index contributed by atoms with van der Waals surface area (Å²) < 4.78 is 0. The zero-order chi connectivity index (χ0) is 11.2. The molecule has 1 saturated heterocycles. The highest BCUT2D eigenvalue weighted by Crippen LogP contribution is 2.13. The fourth-order valence-corrected chi connectivity index (χ4v) is 2.07. The van der Waals surface area contributed by atoms with E-state index < -0.39 is 0 Å². The third-order valence-electron chi connectivity index (χ3n) is 3.20. The summed E-state index contributed by atoms with van der Waals surface area (Å²) in [6, 6.07) is 0.295. The lowest BCUT2D eigenvalue weighted by molar-refractivity contribution is 0.343. The molecule has 1 aliphatic heterocycles. The van der Waals surface area contributed by atoms with E-state index in [0.717, 1.165) is 31.2 Å². The first-order valence-corrected chi connectivity index (χ1v) is 6.06. The second kappa shape index (κ2) is 5.92. The Balaban J connectivity index is 1.77. The molecule has 88 valence electrons. The third kappa shape index (κ3) is 3.25. The third-order valence-corrected chi connectivity index (χ3v) is 3.20. The largest absolute Gasteiger partial charge is 0.317 e. The summed E-state index contributed by atoms with van der Waals surface area (Å²) in [5.74, 6) is 0.806. The van der Waals surface area contributed by atoms with E-state index in [1.807, 2.05) is 6.20 Å². The minimum atomic E-state index is 0.295. The van der Waals surface area contributed by atoms with Gasteiger partial charge in [-0.2, -0.15) is 0 Å². The SMILES string of the molecule is CC(NCC1CCNCC1)c1cnccn1. The Morgan fingerprint density at radius 3 is 2.94 bits per heavy atom. The molecule has 0 amide bonds. The molecule has 1 unspecified atom stereocenters. The van der Waals surface area contributed by atoms with Gasteiger partial charge in [0.15, 0.2) is 0 Å². The number of nitrogens with zero attached hydrogens (tertiary/aromatic N) is 2. The van der Waals surface area contributed by atoms with Crippen molar-refractivity contribution >= 4 is 0 Å². The topological polar surface area (TPSA) is 49.8 Å². The zero-order valence-electron chi connectivity index (χ0n) is 9.82. The molecule has 2 heterocycles. The van der Waals surface area contributed by atoms with Gasteiger partial charge in [-0.05, 0) is 45.3 Å². The predicted octanol–water partition coefficient (Wildman–Crippen LogP) is 1.13. The van der Waals surface area contributed by atoms with Crippen molar-refractivity contribution in [2.75, 3.05) is 19.6 Å². The van der Waals surface area contributed by atoms with Gasteiger partial charge in [-0.15, -0.1) is 0 Å². The number of nitrogens with one attached hydrogen (secondary N) is 2. The zero-order valence-corrected chi connectivity index (χ0v) is 9.82. The summed E-state index contributed by atoms with van der Waals surface area (Å²) >= 11 is 0. The summed E-state index contributed by atoms with van der Waals surface area (Å²) in [5.41, 5.74) is 1.02. The molecule has 1 atom stereocenters. The number of rotatable bonds is 4. The van der Waals surface area contributed by atoms with Crippen molar-refractivity contribution in [2.45, 2.75) is 25.8 Å². The van der Waals surface area contributed by atoms with Crippen LogP contribution in [-0.2, 0) is 0 Å². The molecule has 0 radical (unpaired) electrons. The van der Waals surface area contributed by atoms with Crippen molar-refractivity contribution in [2.24, 2.45) is 5.92 Å². The van der Waals surface area contributed by atoms with Crippen LogP contribution in [-0.4, -0.2) is 29.6 Å². The van der Waals surface area contributed by atoms with Gasteiger partial charge in [0.2, 0.25) is 0 Å². The summed E-state index contributed by atoms with van der Waals surface area (Å²) in [5, 5.41) is 6.92. The van der Waals surface area contributed by atoms with Crippen molar-refractivity contribution in [3.05, 3.63) is 24.3 Å². The first-order chi connectivity index (χ1) is 7.86. The van der Waals surface area contributed by atoms with E-state index in [4.69, 9.17) is 0 Å². The number of aromatic nitrogens is 2. The van der Waals surface area contributed by atoms with Crippen LogP contribution in [0.5, 0.6) is 0 Å². The summed E-state index contributed by atoms with van der Waals surface area (Å²) in [7, 11) is 0. The number of piperidine rings is 1. The van der Waals surface area contributed by atoms with E-state index in [1.54, 1.807) is 12.4 Å². The van der Waals surface area contributed by atoms with Gasteiger partial charge in [0.25, 0.3) is 0 Å². The summed E-state index contributed by atoms with van der Waals surface area (Å²) in [6.45, 7) is 5.54. The van der Waals surface area contributed by atoms with Gasteiger partial charge in [0.1, 0.15) is 0 Å². The predicted molar refractivity (Wildman–Crippen MR) is 64.0 cm³/mol. The maximum Gasteiger partial charge on any atom is 0.0753 e. The van der Waals surface area contributed by atoms with E-state index >= 15 is 0 Å². The maximum atomic E-state index is 4.31. The second-order valence-corrected chi connectivity index (χ2v) is 4.45. The van der Waals surface area contributed by atoms with Gasteiger partial charge >= 0.3 is 0 Å². The second-order valence-electron chi connectivity index (χ2n) is 4.45. The first-order valence-electron chi connectivity index (χ1n) is 6.06. The Bertz CT molecular complexity index is 295. The average Bonchev–Trinajstić information content (AvgIpc) is 2.38. The van der Waals surface area contributed by atoms with Gasteiger partial charge in [-0.25, -0.2) is 0 Å². The molecule has 0 aliphatic carbocycles. The van der Waals surface area contributed by atoms with Crippen molar-refractivity contribution in [1.82, 2.24) is 20.6 Å². The molecule has 2 rings (SSSR count). The van der Waals surface area contributed by atoms with Crippen molar-refractivity contribution in [3.63, 3.8) is 0 Å². The van der Waals surface area contributed by atoms with Crippen LogP contribution in [0.2, 0.25) is 0 Å². The van der Waals surface area contributed by atoms with Crippen LogP contribution < -0.4 is 10.6 Å². The molecule has 1 fully saturated rings. The highest BCUT2D eigenvalue weighted by atomic mass is 15.0. The number of hydrogen-bond donors (Lipinski definition) is 2. The van der Waals surface area contributed by atoms with E-state index in [0.29, 0.717) is 6.04 Å². The first kappa shape index (κ1) is 11.5. The van der Waals surface area contributed by atoms with E-state index in [-0.39, 0.29) is 0 Å². The van der Waals surface area contributed by atoms with E-state index in [1.165, 1.54) is 12.8 Å². The Morgan fingerprint density at radius 1 is 1.44 bits per heavy atom. The molecule has 4 nitrogen and oxygen atoms in total. The summed E-state index contributed by atoms with van der Waals surface area (Å²) in [6.07, 6.45) is 7.85. The molecule has 1 aromatic heterocycles. The van der Waals surface area contributed by atoms with E-state index in [2.05, 4.69) is 27.5 Å². The van der Waals surface area contributed by atoms with Gasteiger partial charge in [0, 0.05) is 24.6 Å². The lowest BCUT2D eigenvalue weighted by Crippen LogP contribution is -2.34. The van der Waals surface area contributed by atoms with Crippen LogP contribution in [0, 0.1) is 5.92 Å². The van der Waals surface area contributed by atoms with Crippen LogP contribution in [0.15, 0.2) is 18.6 Å². The van der Waals surface area contributed by atoms with Crippen molar-refractivity contribution in [3.8, 4) is 0 Å². The standard InChI is InChI=1S/C12H20N4/c1-10(12-9-14-6-7-15-12)16-8-11-2-4-13-5-3-11/h6-7,9-11,13,16H,2-5,8H2,1H3. The van der Waals surface area contributed by atoms with Crippen LogP contribution in [0.3, 0.4) is 0 Å². The molecule has 1 aliphatic rings. The molecule has 0 bridgehead atoms. The Hall–Kier alpha value is -1.00. The molecule has 0 aromatic carbocycles. The highest BCUT2D eigenvalue weighted by Gasteiger charge is 2.14. The minimum absolute atomic E-state index is 0.295. The minimum Gasteiger partial charge on any atom is -0.317 e. The van der Waals surface area contributed by atoms with Gasteiger partial charge < -0.3 is 10.6 Å². The monoisotopic (exact) mass is 220 g/mol. The Kier molecular flexibility index (Phi) is 4.25. The van der Waals surface area contributed by atoms with Gasteiger partial charge in [0.05, 0.1) is 5.69 Å². The molecule has 0 saturated carbocycles. The fraction of sp³-hybridized carbons (Fsp3) is 0.667. The molecule has 4 heteroatoms. The smallest absolute Gasteiger partial charge is 0.0753 e. The van der Waals surface area contributed by atoms with Gasteiger partial charge in [-0.3, -0.25) is 9.97 Å². The average molecular weight is 220 g/mol. The fourth-order valence-electron chi connectivity index (χ4n) is 2.07. The van der Waals surface area contributed by atoms with Crippen LogP contribution in [0.1, 0.15) is 31.5 Å². The quantitative estimate of drug-likeness (QED) is 0.798. The van der Waals surface area contributed by atoms with E-state index in [9.17, 15) is 0 Å². The van der Waals surface area contributed by atoms with Crippen molar-refractivity contribution in [1.29, 1.82) is 0 Å². The normalized spacial score (nSPS) is 19.6. The van der Waals surface area contributed by atoms with Crippen molar-refractivity contribution < 1.29 is 0 Å². The Morgan fingerprint density at radius 2 is 2.25 bits per heavy atom. The molecular weight excluding hydrogens is 200 g/mol.